The van der Waals surface area contributed by atoms with E-state index < -0.39 is 5.97 Å². The van der Waals surface area contributed by atoms with Crippen LogP contribution in [0, 0.1) is 6.92 Å². The monoisotopic (exact) mass is 467 g/mol. The maximum Gasteiger partial charge on any atom is 0.341 e. The van der Waals surface area contributed by atoms with Crippen molar-refractivity contribution in [3.05, 3.63) is 64.5 Å². The second-order valence-electron chi connectivity index (χ2n) is 7.84. The van der Waals surface area contributed by atoms with Crippen LogP contribution < -0.4 is 14.8 Å². The van der Waals surface area contributed by atoms with E-state index in [1.807, 2.05) is 54.8 Å². The molecule has 0 aliphatic rings. The highest BCUT2D eigenvalue weighted by Gasteiger charge is 2.23. The van der Waals surface area contributed by atoms with Crippen molar-refractivity contribution in [3.8, 4) is 22.6 Å². The van der Waals surface area contributed by atoms with Crippen LogP contribution >= 0.6 is 11.3 Å². The average molecular weight is 468 g/mol. The van der Waals surface area contributed by atoms with Gasteiger partial charge in [0.2, 0.25) is 0 Å². The van der Waals surface area contributed by atoms with Gasteiger partial charge in [0.1, 0.15) is 22.1 Å². The number of esters is 1. The second-order valence-corrected chi connectivity index (χ2v) is 8.71. The average Bonchev–Trinajstić information content (AvgIpc) is 3.21. The molecule has 1 amide bonds. The highest BCUT2D eigenvalue weighted by atomic mass is 32.1. The van der Waals surface area contributed by atoms with Gasteiger partial charge in [-0.05, 0) is 54.7 Å². The Morgan fingerprint density at radius 2 is 1.82 bits per heavy atom. The van der Waals surface area contributed by atoms with Gasteiger partial charge in [-0.1, -0.05) is 38.1 Å². The number of anilines is 1. The van der Waals surface area contributed by atoms with Crippen LogP contribution in [0.3, 0.4) is 0 Å². The maximum absolute atomic E-state index is 12.7. The standard InChI is InChI=1S/C26H29NO5S/c1-6-31-26(29)24-21(18-8-10-19(30-5)11-9-18)15-33-25(24)27-23(28)14-32-22-13-17(4)7-12-20(22)16(2)3/h7-13,15-16H,6,14H2,1-5H3,(H,27,28). The predicted octanol–water partition coefficient (Wildman–Crippen LogP) is 6.05. The molecule has 0 fully saturated rings. The van der Waals surface area contributed by atoms with Crippen LogP contribution in [0.4, 0.5) is 5.00 Å². The molecule has 0 bridgehead atoms. The molecule has 6 nitrogen and oxygen atoms in total. The summed E-state index contributed by atoms with van der Waals surface area (Å²) in [5.41, 5.74) is 3.95. The molecule has 1 heterocycles. The lowest BCUT2D eigenvalue weighted by atomic mass is 10.0. The van der Waals surface area contributed by atoms with Crippen LogP contribution in [0.2, 0.25) is 0 Å². The van der Waals surface area contributed by atoms with E-state index in [-0.39, 0.29) is 25.0 Å². The summed E-state index contributed by atoms with van der Waals surface area (Å²) in [5.74, 6) is 0.843. The first-order chi connectivity index (χ1) is 15.8. The third-order valence-electron chi connectivity index (χ3n) is 5.07. The van der Waals surface area contributed by atoms with Gasteiger partial charge in [0.15, 0.2) is 6.61 Å². The van der Waals surface area contributed by atoms with Gasteiger partial charge in [-0.25, -0.2) is 4.79 Å². The van der Waals surface area contributed by atoms with E-state index >= 15 is 0 Å². The SMILES string of the molecule is CCOC(=O)c1c(-c2ccc(OC)cc2)csc1NC(=O)COc1cc(C)ccc1C(C)C. The summed E-state index contributed by atoms with van der Waals surface area (Å²) in [6.45, 7) is 7.96. The van der Waals surface area contributed by atoms with Crippen LogP contribution in [-0.4, -0.2) is 32.2 Å². The number of methoxy groups -OCH3 is 1. The highest BCUT2D eigenvalue weighted by Crippen LogP contribution is 2.37. The van der Waals surface area contributed by atoms with Crippen LogP contribution in [0.1, 0.15) is 48.2 Å². The van der Waals surface area contributed by atoms with E-state index in [9.17, 15) is 9.59 Å². The Kier molecular flexibility index (Phi) is 8.11. The Morgan fingerprint density at radius 3 is 2.45 bits per heavy atom. The van der Waals surface area contributed by atoms with Crippen molar-refractivity contribution in [1.82, 2.24) is 0 Å². The largest absolute Gasteiger partial charge is 0.497 e. The topological polar surface area (TPSA) is 73.9 Å². The summed E-state index contributed by atoms with van der Waals surface area (Å²) in [6.07, 6.45) is 0. The van der Waals surface area contributed by atoms with Gasteiger partial charge in [-0.3, -0.25) is 4.79 Å². The minimum absolute atomic E-state index is 0.165. The number of thiophene rings is 1. The number of carbonyl (C=O) groups excluding carboxylic acids is 2. The number of aryl methyl sites for hydroxylation is 1. The van der Waals surface area contributed by atoms with Gasteiger partial charge in [-0.2, -0.15) is 0 Å². The van der Waals surface area contributed by atoms with Crippen molar-refractivity contribution >= 4 is 28.2 Å². The number of ether oxygens (including phenoxy) is 3. The molecule has 0 radical (unpaired) electrons. The summed E-state index contributed by atoms with van der Waals surface area (Å²) in [4.78, 5) is 25.5. The molecular weight excluding hydrogens is 438 g/mol. The molecule has 0 aliphatic heterocycles. The summed E-state index contributed by atoms with van der Waals surface area (Å²) in [5, 5.41) is 5.09. The molecule has 2 aromatic carbocycles. The molecular formula is C26H29NO5S. The predicted molar refractivity (Wildman–Crippen MR) is 132 cm³/mol. The summed E-state index contributed by atoms with van der Waals surface area (Å²) >= 11 is 1.28. The van der Waals surface area contributed by atoms with Crippen molar-refractivity contribution < 1.29 is 23.8 Å². The first kappa shape index (κ1) is 24.3. The Hall–Kier alpha value is -3.32. The fourth-order valence-electron chi connectivity index (χ4n) is 3.39. The molecule has 7 heteroatoms. The normalized spacial score (nSPS) is 10.7. The zero-order valence-electron chi connectivity index (χ0n) is 19.6. The Bertz CT molecular complexity index is 1120. The number of amides is 1. The molecule has 1 N–H and O–H groups in total. The number of nitrogens with one attached hydrogen (secondary N) is 1. The van der Waals surface area contributed by atoms with Gasteiger partial charge < -0.3 is 19.5 Å². The minimum atomic E-state index is -0.485. The van der Waals surface area contributed by atoms with Gasteiger partial charge in [0.25, 0.3) is 5.91 Å². The summed E-state index contributed by atoms with van der Waals surface area (Å²) in [7, 11) is 1.60. The van der Waals surface area contributed by atoms with Crippen molar-refractivity contribution in [2.24, 2.45) is 0 Å². The fourth-order valence-corrected chi connectivity index (χ4v) is 4.36. The van der Waals surface area contributed by atoms with Crippen LogP contribution in [0.5, 0.6) is 11.5 Å². The molecule has 0 saturated heterocycles. The van der Waals surface area contributed by atoms with Crippen LogP contribution in [-0.2, 0) is 9.53 Å². The zero-order chi connectivity index (χ0) is 24.0. The highest BCUT2D eigenvalue weighted by molar-refractivity contribution is 7.15. The number of benzene rings is 2. The first-order valence-electron chi connectivity index (χ1n) is 10.8. The third kappa shape index (κ3) is 5.93. The Morgan fingerprint density at radius 1 is 1.09 bits per heavy atom. The van der Waals surface area contributed by atoms with E-state index in [4.69, 9.17) is 14.2 Å². The molecule has 3 rings (SSSR count). The molecule has 3 aromatic rings. The fraction of sp³-hybridized carbons (Fsp3) is 0.308. The minimum Gasteiger partial charge on any atom is -0.497 e. The van der Waals surface area contributed by atoms with E-state index in [0.29, 0.717) is 27.6 Å². The number of rotatable bonds is 9. The Labute approximate surface area is 198 Å². The number of hydrogen-bond acceptors (Lipinski definition) is 6. The number of hydrogen-bond donors (Lipinski definition) is 1. The van der Waals surface area contributed by atoms with Crippen LogP contribution in [0.25, 0.3) is 11.1 Å². The van der Waals surface area contributed by atoms with E-state index in [1.165, 1.54) is 11.3 Å². The van der Waals surface area contributed by atoms with Gasteiger partial charge in [0.05, 0.1) is 13.7 Å². The lowest BCUT2D eigenvalue weighted by Gasteiger charge is -2.15. The van der Waals surface area contributed by atoms with E-state index in [0.717, 1.165) is 16.7 Å². The first-order valence-corrected chi connectivity index (χ1v) is 11.7. The summed E-state index contributed by atoms with van der Waals surface area (Å²) < 4.78 is 16.3. The van der Waals surface area contributed by atoms with Crippen molar-refractivity contribution in [1.29, 1.82) is 0 Å². The van der Waals surface area contributed by atoms with Gasteiger partial charge in [-0.15, -0.1) is 11.3 Å². The molecule has 0 unspecified atom stereocenters. The Balaban J connectivity index is 1.81. The molecule has 1 aromatic heterocycles. The summed E-state index contributed by atoms with van der Waals surface area (Å²) in [6, 6.07) is 13.4. The third-order valence-corrected chi connectivity index (χ3v) is 5.97. The van der Waals surface area contributed by atoms with Crippen molar-refractivity contribution in [2.75, 3.05) is 25.6 Å². The number of carbonyl (C=O) groups is 2. The lowest BCUT2D eigenvalue weighted by Crippen LogP contribution is -2.21. The molecule has 0 atom stereocenters. The van der Waals surface area contributed by atoms with Crippen LogP contribution in [0.15, 0.2) is 47.8 Å². The quantitative estimate of drug-likeness (QED) is 0.388. The van der Waals surface area contributed by atoms with Crippen molar-refractivity contribution in [3.63, 3.8) is 0 Å². The zero-order valence-corrected chi connectivity index (χ0v) is 20.4. The lowest BCUT2D eigenvalue weighted by molar-refractivity contribution is -0.118. The van der Waals surface area contributed by atoms with Crippen molar-refractivity contribution in [2.45, 2.75) is 33.6 Å². The van der Waals surface area contributed by atoms with E-state index in [2.05, 4.69) is 19.2 Å². The molecule has 33 heavy (non-hydrogen) atoms. The van der Waals surface area contributed by atoms with Gasteiger partial charge in [0, 0.05) is 10.9 Å². The molecule has 0 saturated carbocycles. The molecule has 0 spiro atoms. The second kappa shape index (κ2) is 11.0. The van der Waals surface area contributed by atoms with E-state index in [1.54, 1.807) is 14.0 Å². The molecule has 0 aliphatic carbocycles. The van der Waals surface area contributed by atoms with Gasteiger partial charge >= 0.3 is 5.97 Å². The smallest absolute Gasteiger partial charge is 0.341 e. The molecule has 174 valence electrons. The maximum atomic E-state index is 12.7.